The number of carbonyl (C=O) groups excluding carboxylic acids is 2. The van der Waals surface area contributed by atoms with Crippen molar-refractivity contribution in [3.05, 3.63) is 94.7 Å². The third kappa shape index (κ3) is 6.22. The van der Waals surface area contributed by atoms with E-state index in [4.69, 9.17) is 14.2 Å². The van der Waals surface area contributed by atoms with Crippen molar-refractivity contribution in [1.29, 1.82) is 0 Å². The van der Waals surface area contributed by atoms with Gasteiger partial charge >= 0.3 is 5.97 Å². The number of benzene rings is 3. The molecule has 7 nitrogen and oxygen atoms in total. The number of hydrogen-bond acceptors (Lipinski definition) is 8. The number of ether oxygens (including phenoxy) is 3. The average Bonchev–Trinajstić information content (AvgIpc) is 2.89. The molecule has 0 radical (unpaired) electrons. The number of esters is 1. The molecule has 0 saturated carbocycles. The highest BCUT2D eigenvalue weighted by atomic mass is 32.1. The van der Waals surface area contributed by atoms with Gasteiger partial charge in [0.1, 0.15) is 36.9 Å². The maximum Gasteiger partial charge on any atom is 0.337 e. The van der Waals surface area contributed by atoms with Crippen LogP contribution in [0, 0.1) is 0 Å². The Labute approximate surface area is 217 Å². The van der Waals surface area contributed by atoms with Crippen molar-refractivity contribution in [2.24, 2.45) is 0 Å². The van der Waals surface area contributed by atoms with Gasteiger partial charge in [-0.2, -0.15) is 0 Å². The molecule has 3 aromatic carbocycles. The van der Waals surface area contributed by atoms with E-state index in [9.17, 15) is 19.5 Å². The summed E-state index contributed by atoms with van der Waals surface area (Å²) in [6.07, 6.45) is 0. The van der Waals surface area contributed by atoms with E-state index in [-0.39, 0.29) is 36.6 Å². The third-order valence-electron chi connectivity index (χ3n) is 5.51. The lowest BCUT2D eigenvalue weighted by molar-refractivity contribution is -0.140. The molecule has 0 unspecified atom stereocenters. The van der Waals surface area contributed by atoms with Gasteiger partial charge in [-0.05, 0) is 68.4 Å². The van der Waals surface area contributed by atoms with Crippen LogP contribution in [0.1, 0.15) is 24.2 Å². The molecule has 1 N–H and O–H groups in total. The van der Waals surface area contributed by atoms with Crippen LogP contribution in [-0.2, 0) is 9.53 Å². The first-order valence-corrected chi connectivity index (χ1v) is 12.4. The number of fused-ring (bicyclic) bond motifs is 2. The molecule has 1 heterocycles. The van der Waals surface area contributed by atoms with Gasteiger partial charge < -0.3 is 19.3 Å². The molecule has 4 rings (SSSR count). The SMILES string of the molecule is C=C(COc1ccc2sc3ccccc3c(=O)c2c1)C(=O)OCCOc1ccc(C(=O)C(C)(C)O)cc1. The van der Waals surface area contributed by atoms with E-state index in [1.165, 1.54) is 25.2 Å². The van der Waals surface area contributed by atoms with E-state index in [2.05, 4.69) is 6.58 Å². The van der Waals surface area contributed by atoms with Crippen LogP contribution in [0.2, 0.25) is 0 Å². The van der Waals surface area contributed by atoms with Crippen LogP contribution < -0.4 is 14.9 Å². The first-order chi connectivity index (χ1) is 17.6. The lowest BCUT2D eigenvalue weighted by Gasteiger charge is -2.15. The van der Waals surface area contributed by atoms with Gasteiger partial charge in [0.15, 0.2) is 11.2 Å². The fourth-order valence-electron chi connectivity index (χ4n) is 3.55. The van der Waals surface area contributed by atoms with Crippen molar-refractivity contribution in [2.45, 2.75) is 19.4 Å². The highest BCUT2D eigenvalue weighted by Gasteiger charge is 2.25. The zero-order valence-electron chi connectivity index (χ0n) is 20.5. The standard InChI is InChI=1S/C29H26O7S/c1-18(28(32)35-15-14-34-20-10-8-19(9-11-20)27(31)29(2,3)33)17-36-21-12-13-25-23(16-21)26(30)22-6-4-5-7-24(22)37-25/h4-13,16,33H,1,14-15,17H2,2-3H3. The Kier molecular flexibility index (Phi) is 7.71. The normalized spacial score (nSPS) is 11.3. The number of aliphatic hydroxyl groups is 1. The average molecular weight is 519 g/mol. The minimum atomic E-state index is -1.45. The zero-order chi connectivity index (χ0) is 26.6. The zero-order valence-corrected chi connectivity index (χ0v) is 21.3. The topological polar surface area (TPSA) is 99.1 Å². The number of carbonyl (C=O) groups is 2. The minimum absolute atomic E-state index is 0.00775. The van der Waals surface area contributed by atoms with Crippen molar-refractivity contribution < 1.29 is 28.9 Å². The highest BCUT2D eigenvalue weighted by molar-refractivity contribution is 7.24. The molecular formula is C29H26O7S. The Bertz CT molecular complexity index is 1530. The summed E-state index contributed by atoms with van der Waals surface area (Å²) in [7, 11) is 0. The lowest BCUT2D eigenvalue weighted by atomic mass is 9.97. The van der Waals surface area contributed by atoms with Gasteiger partial charge in [-0.3, -0.25) is 9.59 Å². The number of ketones is 1. The second kappa shape index (κ2) is 10.9. The molecule has 0 aliphatic carbocycles. The lowest BCUT2D eigenvalue weighted by Crippen LogP contribution is -2.30. The van der Waals surface area contributed by atoms with Gasteiger partial charge in [-0.1, -0.05) is 18.7 Å². The van der Waals surface area contributed by atoms with Gasteiger partial charge in [0.2, 0.25) is 0 Å². The summed E-state index contributed by atoms with van der Waals surface area (Å²) in [5, 5.41) is 11.0. The molecule has 8 heteroatoms. The van der Waals surface area contributed by atoms with Gasteiger partial charge in [0, 0.05) is 25.7 Å². The van der Waals surface area contributed by atoms with E-state index in [0.717, 1.165) is 9.40 Å². The predicted molar refractivity (Wildman–Crippen MR) is 144 cm³/mol. The Morgan fingerprint density at radius 2 is 1.57 bits per heavy atom. The fourth-order valence-corrected chi connectivity index (χ4v) is 4.61. The Hall–Kier alpha value is -4.01. The second-order valence-corrected chi connectivity index (χ2v) is 9.96. The van der Waals surface area contributed by atoms with Crippen LogP contribution in [0.15, 0.2) is 83.7 Å². The molecule has 37 heavy (non-hydrogen) atoms. The van der Waals surface area contributed by atoms with Crippen LogP contribution in [-0.4, -0.2) is 42.3 Å². The number of hydrogen-bond donors (Lipinski definition) is 1. The third-order valence-corrected chi connectivity index (χ3v) is 6.66. The van der Waals surface area contributed by atoms with Gasteiger partial charge in [0.25, 0.3) is 0 Å². The summed E-state index contributed by atoms with van der Waals surface area (Å²) >= 11 is 1.53. The summed E-state index contributed by atoms with van der Waals surface area (Å²) < 4.78 is 18.2. The van der Waals surface area contributed by atoms with Gasteiger partial charge in [0.05, 0.1) is 5.57 Å². The largest absolute Gasteiger partial charge is 0.490 e. The highest BCUT2D eigenvalue weighted by Crippen LogP contribution is 2.27. The summed E-state index contributed by atoms with van der Waals surface area (Å²) in [4.78, 5) is 37.1. The quantitative estimate of drug-likeness (QED) is 0.105. The number of Topliss-reactive ketones (excluding diaryl/α,β-unsaturated/α-hetero) is 1. The molecule has 190 valence electrons. The van der Waals surface area contributed by atoms with Crippen molar-refractivity contribution in [2.75, 3.05) is 19.8 Å². The second-order valence-electron chi connectivity index (χ2n) is 8.87. The van der Waals surface area contributed by atoms with Crippen molar-refractivity contribution in [3.63, 3.8) is 0 Å². The first kappa shape index (κ1) is 26.1. The molecule has 1 aromatic heterocycles. The number of rotatable bonds is 10. The van der Waals surface area contributed by atoms with Crippen LogP contribution in [0.3, 0.4) is 0 Å². The van der Waals surface area contributed by atoms with Gasteiger partial charge in [-0.15, -0.1) is 11.3 Å². The molecule has 0 atom stereocenters. The molecular weight excluding hydrogens is 492 g/mol. The predicted octanol–water partition coefficient (Wildman–Crippen LogP) is 4.93. The maximum absolute atomic E-state index is 12.8. The molecule has 0 spiro atoms. The van der Waals surface area contributed by atoms with Crippen molar-refractivity contribution in [3.8, 4) is 11.5 Å². The fraction of sp³-hybridized carbons (Fsp3) is 0.207. The Morgan fingerprint density at radius 1 is 0.892 bits per heavy atom. The van der Waals surface area contributed by atoms with Crippen LogP contribution in [0.5, 0.6) is 11.5 Å². The molecule has 0 saturated heterocycles. The van der Waals surface area contributed by atoms with Crippen molar-refractivity contribution in [1.82, 2.24) is 0 Å². The molecule has 0 amide bonds. The molecule has 0 aliphatic heterocycles. The van der Waals surface area contributed by atoms with Crippen LogP contribution in [0.25, 0.3) is 20.2 Å². The Balaban J connectivity index is 1.25. The monoisotopic (exact) mass is 518 g/mol. The smallest absolute Gasteiger partial charge is 0.337 e. The molecule has 4 aromatic rings. The van der Waals surface area contributed by atoms with E-state index in [1.807, 2.05) is 24.3 Å². The summed E-state index contributed by atoms with van der Waals surface area (Å²) in [5.41, 5.74) is -1.02. The van der Waals surface area contributed by atoms with Crippen molar-refractivity contribution >= 4 is 43.3 Å². The Morgan fingerprint density at radius 3 is 2.30 bits per heavy atom. The van der Waals surface area contributed by atoms with Crippen LogP contribution >= 0.6 is 11.3 Å². The molecule has 0 bridgehead atoms. The summed E-state index contributed by atoms with van der Waals surface area (Å²) in [5.74, 6) is -0.0581. The van der Waals surface area contributed by atoms with E-state index in [1.54, 1.807) is 42.5 Å². The van der Waals surface area contributed by atoms with E-state index in [0.29, 0.717) is 27.8 Å². The minimum Gasteiger partial charge on any atom is -0.490 e. The van der Waals surface area contributed by atoms with E-state index >= 15 is 0 Å². The first-order valence-electron chi connectivity index (χ1n) is 11.6. The maximum atomic E-state index is 12.8. The molecule has 0 fully saturated rings. The van der Waals surface area contributed by atoms with Gasteiger partial charge in [-0.25, -0.2) is 4.79 Å². The summed E-state index contributed by atoms with van der Waals surface area (Å²) in [6, 6.07) is 19.0. The molecule has 0 aliphatic rings. The van der Waals surface area contributed by atoms with Crippen LogP contribution in [0.4, 0.5) is 0 Å². The summed E-state index contributed by atoms with van der Waals surface area (Å²) in [6.45, 7) is 6.58. The van der Waals surface area contributed by atoms with E-state index < -0.39 is 11.6 Å².